The Labute approximate surface area is 134 Å². The van der Waals surface area contributed by atoms with Crippen LogP contribution in [0.3, 0.4) is 0 Å². The van der Waals surface area contributed by atoms with Crippen molar-refractivity contribution in [2.45, 2.75) is 32.4 Å². The van der Waals surface area contributed by atoms with Crippen molar-refractivity contribution >= 4 is 38.5 Å². The van der Waals surface area contributed by atoms with Crippen LogP contribution in [0.4, 0.5) is 0 Å². The Morgan fingerprint density at radius 1 is 1.42 bits per heavy atom. The van der Waals surface area contributed by atoms with Crippen LogP contribution in [0.25, 0.3) is 0 Å². The Morgan fingerprint density at radius 3 is 2.84 bits per heavy atom. The van der Waals surface area contributed by atoms with E-state index in [0.29, 0.717) is 6.42 Å². The second-order valence-corrected chi connectivity index (χ2v) is 6.70. The molecule has 0 bridgehead atoms. The zero-order valence-corrected chi connectivity index (χ0v) is 14.5. The summed E-state index contributed by atoms with van der Waals surface area (Å²) in [5.41, 5.74) is 0.880. The highest BCUT2D eigenvalue weighted by molar-refractivity contribution is 14.1. The van der Waals surface area contributed by atoms with Gasteiger partial charge in [0.05, 0.1) is 6.10 Å². The van der Waals surface area contributed by atoms with E-state index < -0.39 is 6.10 Å². The smallest absolute Gasteiger partial charge is 0.138 e. The second kappa shape index (κ2) is 6.32. The van der Waals surface area contributed by atoms with Crippen molar-refractivity contribution in [3.63, 3.8) is 0 Å². The summed E-state index contributed by atoms with van der Waals surface area (Å²) < 4.78 is 3.85. The van der Waals surface area contributed by atoms with E-state index in [1.54, 1.807) is 0 Å². The molecule has 0 aliphatic carbocycles. The molecule has 1 N–H and O–H groups in total. The molecule has 0 fully saturated rings. The van der Waals surface area contributed by atoms with E-state index in [1.165, 1.54) is 6.33 Å². The zero-order valence-electron chi connectivity index (χ0n) is 10.7. The first-order valence-corrected chi connectivity index (χ1v) is 7.87. The van der Waals surface area contributed by atoms with Crippen molar-refractivity contribution in [2.24, 2.45) is 0 Å². The summed E-state index contributed by atoms with van der Waals surface area (Å²) in [5, 5.41) is 14.6. The zero-order chi connectivity index (χ0) is 14.0. The van der Waals surface area contributed by atoms with E-state index in [9.17, 15) is 5.11 Å². The molecule has 0 aliphatic rings. The van der Waals surface area contributed by atoms with Gasteiger partial charge in [-0.2, -0.15) is 5.10 Å². The van der Waals surface area contributed by atoms with Gasteiger partial charge in [0.25, 0.3) is 0 Å². The van der Waals surface area contributed by atoms with Gasteiger partial charge in [-0.15, -0.1) is 0 Å². The molecule has 0 aliphatic heterocycles. The van der Waals surface area contributed by atoms with Crippen LogP contribution in [0.15, 0.2) is 29.0 Å². The van der Waals surface area contributed by atoms with Gasteiger partial charge in [0, 0.05) is 20.5 Å². The molecule has 19 heavy (non-hydrogen) atoms. The van der Waals surface area contributed by atoms with Gasteiger partial charge in [0.2, 0.25) is 0 Å². The van der Waals surface area contributed by atoms with Gasteiger partial charge >= 0.3 is 0 Å². The van der Waals surface area contributed by atoms with Crippen molar-refractivity contribution < 1.29 is 5.11 Å². The van der Waals surface area contributed by atoms with Crippen LogP contribution >= 0.6 is 38.5 Å². The minimum atomic E-state index is -0.592. The molecule has 0 saturated heterocycles. The minimum absolute atomic E-state index is 0.240. The van der Waals surface area contributed by atoms with E-state index in [-0.39, 0.29) is 6.04 Å². The Balaban J connectivity index is 2.23. The first kappa shape index (κ1) is 14.9. The number of halogens is 2. The Bertz CT molecular complexity index is 571. The van der Waals surface area contributed by atoms with Crippen molar-refractivity contribution in [1.82, 2.24) is 14.8 Å². The molecular formula is C13H15BrIN3O. The number of aliphatic hydroxyl groups excluding tert-OH is 1. The molecule has 102 valence electrons. The predicted octanol–water partition coefficient (Wildman–Crippen LogP) is 3.50. The topological polar surface area (TPSA) is 50.9 Å². The standard InChI is InChI=1S/C13H15BrIN3O/c1-8(2)18-13(16-7-17-18)6-12(19)10-5-9(15)3-4-11(10)14/h3-5,7-8,12,19H,6H2,1-2H3. The lowest BCUT2D eigenvalue weighted by atomic mass is 10.1. The Hall–Kier alpha value is -0.470. The number of hydrogen-bond acceptors (Lipinski definition) is 3. The Kier molecular flexibility index (Phi) is 4.97. The molecule has 0 amide bonds. The van der Waals surface area contributed by atoms with Crippen molar-refractivity contribution in [1.29, 1.82) is 0 Å². The van der Waals surface area contributed by atoms with Crippen LogP contribution in [0.2, 0.25) is 0 Å². The highest BCUT2D eigenvalue weighted by Crippen LogP contribution is 2.27. The van der Waals surface area contributed by atoms with E-state index in [2.05, 4.69) is 48.6 Å². The van der Waals surface area contributed by atoms with Crippen LogP contribution in [0.1, 0.15) is 37.4 Å². The molecule has 0 radical (unpaired) electrons. The number of rotatable bonds is 4. The van der Waals surface area contributed by atoms with E-state index in [1.807, 2.05) is 36.7 Å². The maximum atomic E-state index is 10.4. The summed E-state index contributed by atoms with van der Waals surface area (Å²) in [6.45, 7) is 4.10. The second-order valence-electron chi connectivity index (χ2n) is 4.60. The van der Waals surface area contributed by atoms with E-state index in [4.69, 9.17) is 0 Å². The summed E-state index contributed by atoms with van der Waals surface area (Å²) >= 11 is 5.71. The van der Waals surface area contributed by atoms with Gasteiger partial charge in [-0.05, 0) is 60.2 Å². The van der Waals surface area contributed by atoms with Crippen molar-refractivity contribution in [2.75, 3.05) is 0 Å². The van der Waals surface area contributed by atoms with Crippen LogP contribution in [-0.2, 0) is 6.42 Å². The molecule has 2 aromatic rings. The number of nitrogens with zero attached hydrogens (tertiary/aromatic N) is 3. The molecule has 1 aromatic carbocycles. The summed E-state index contributed by atoms with van der Waals surface area (Å²) in [5.74, 6) is 0.799. The van der Waals surface area contributed by atoms with Gasteiger partial charge in [-0.25, -0.2) is 9.67 Å². The summed E-state index contributed by atoms with van der Waals surface area (Å²) in [6.07, 6.45) is 1.40. The lowest BCUT2D eigenvalue weighted by molar-refractivity contribution is 0.172. The minimum Gasteiger partial charge on any atom is -0.388 e. The van der Waals surface area contributed by atoms with Gasteiger partial charge < -0.3 is 5.11 Å². The van der Waals surface area contributed by atoms with E-state index in [0.717, 1.165) is 19.4 Å². The van der Waals surface area contributed by atoms with Crippen LogP contribution in [0, 0.1) is 3.57 Å². The normalized spacial score (nSPS) is 12.9. The average molecular weight is 436 g/mol. The molecular weight excluding hydrogens is 421 g/mol. The number of aromatic nitrogens is 3. The van der Waals surface area contributed by atoms with E-state index >= 15 is 0 Å². The molecule has 1 atom stereocenters. The molecule has 0 saturated carbocycles. The monoisotopic (exact) mass is 435 g/mol. The maximum absolute atomic E-state index is 10.4. The molecule has 4 nitrogen and oxygen atoms in total. The molecule has 1 unspecified atom stereocenters. The summed E-state index contributed by atoms with van der Waals surface area (Å²) in [4.78, 5) is 4.23. The van der Waals surface area contributed by atoms with Crippen LogP contribution in [-0.4, -0.2) is 19.9 Å². The molecule has 0 spiro atoms. The fourth-order valence-corrected chi connectivity index (χ4v) is 2.93. The highest BCUT2D eigenvalue weighted by atomic mass is 127. The van der Waals surface area contributed by atoms with Gasteiger partial charge in [0.1, 0.15) is 12.2 Å². The first-order chi connectivity index (χ1) is 8.99. The predicted molar refractivity (Wildman–Crippen MR) is 85.9 cm³/mol. The SMILES string of the molecule is CC(C)n1ncnc1CC(O)c1cc(I)ccc1Br. The third kappa shape index (κ3) is 3.55. The summed E-state index contributed by atoms with van der Waals surface area (Å²) in [7, 11) is 0. The Morgan fingerprint density at radius 2 is 2.16 bits per heavy atom. The van der Waals surface area contributed by atoms with Gasteiger partial charge in [-0.3, -0.25) is 0 Å². The highest BCUT2D eigenvalue weighted by Gasteiger charge is 2.17. The first-order valence-electron chi connectivity index (χ1n) is 6.00. The number of hydrogen-bond donors (Lipinski definition) is 1. The van der Waals surface area contributed by atoms with Gasteiger partial charge in [0.15, 0.2) is 0 Å². The average Bonchev–Trinajstić information content (AvgIpc) is 2.80. The quantitative estimate of drug-likeness (QED) is 0.747. The molecule has 1 heterocycles. The number of benzene rings is 1. The summed E-state index contributed by atoms with van der Waals surface area (Å²) in [6, 6.07) is 6.17. The van der Waals surface area contributed by atoms with Crippen LogP contribution < -0.4 is 0 Å². The number of aliphatic hydroxyl groups is 1. The fraction of sp³-hybridized carbons (Fsp3) is 0.385. The third-order valence-corrected chi connectivity index (χ3v) is 4.22. The lowest BCUT2D eigenvalue weighted by Gasteiger charge is -2.15. The van der Waals surface area contributed by atoms with Crippen LogP contribution in [0.5, 0.6) is 0 Å². The molecule has 1 aromatic heterocycles. The van der Waals surface area contributed by atoms with Gasteiger partial charge in [-0.1, -0.05) is 15.9 Å². The maximum Gasteiger partial charge on any atom is 0.138 e. The van der Waals surface area contributed by atoms with Crippen molar-refractivity contribution in [3.05, 3.63) is 44.0 Å². The third-order valence-electron chi connectivity index (χ3n) is 2.83. The molecule has 2 rings (SSSR count). The van der Waals surface area contributed by atoms with Crippen molar-refractivity contribution in [3.8, 4) is 0 Å². The fourth-order valence-electron chi connectivity index (χ4n) is 1.90. The largest absolute Gasteiger partial charge is 0.388 e. The lowest BCUT2D eigenvalue weighted by Crippen LogP contribution is -2.12. The molecule has 6 heteroatoms.